The van der Waals surface area contributed by atoms with Crippen molar-refractivity contribution in [2.45, 2.75) is 12.2 Å². The number of aliphatic carboxylic acids is 1. The summed E-state index contributed by atoms with van der Waals surface area (Å²) in [4.78, 5) is 11.0. The van der Waals surface area contributed by atoms with Crippen molar-refractivity contribution in [3.05, 3.63) is 41.6 Å². The van der Waals surface area contributed by atoms with Gasteiger partial charge < -0.3 is 15.7 Å². The second-order valence-corrected chi connectivity index (χ2v) is 4.01. The molecule has 0 heterocycles. The van der Waals surface area contributed by atoms with Crippen LogP contribution in [0.15, 0.2) is 36.0 Å². The van der Waals surface area contributed by atoms with Crippen LogP contribution >= 0.6 is 0 Å². The lowest BCUT2D eigenvalue weighted by Crippen LogP contribution is -2.39. The molecule has 0 amide bonds. The molecular weight excluding hydrogens is 287 g/mol. The number of rotatable bonds is 5. The van der Waals surface area contributed by atoms with Crippen molar-refractivity contribution >= 4 is 11.7 Å². The number of alkyl halides is 3. The molecule has 1 rings (SSSR count). The Bertz CT molecular complexity index is 591. The molecule has 0 aliphatic carbocycles. The van der Waals surface area contributed by atoms with E-state index in [2.05, 4.69) is 5.32 Å². The van der Waals surface area contributed by atoms with Crippen LogP contribution in [0.25, 0.3) is 0 Å². The van der Waals surface area contributed by atoms with Gasteiger partial charge in [-0.2, -0.15) is 18.4 Å². The molecule has 1 aromatic carbocycles. The van der Waals surface area contributed by atoms with Gasteiger partial charge in [0.25, 0.3) is 0 Å². The number of benzene rings is 1. The zero-order chi connectivity index (χ0) is 16.0. The average Bonchev–Trinajstić information content (AvgIpc) is 2.41. The highest BCUT2D eigenvalue weighted by Crippen LogP contribution is 2.22. The van der Waals surface area contributed by atoms with E-state index in [0.717, 1.165) is 7.05 Å². The number of hydrogen-bond donors (Lipinski definition) is 3. The smallest absolute Gasteiger partial charge is 0.407 e. The number of nitriles is 1. The van der Waals surface area contributed by atoms with Crippen LogP contribution in [-0.4, -0.2) is 30.3 Å². The SMILES string of the molecule is CNC(/C=C(\Nc1cccc(C#N)c1)C(=O)O)C(F)(F)F. The molecule has 1 aromatic rings. The third kappa shape index (κ3) is 4.81. The van der Waals surface area contributed by atoms with E-state index in [0.29, 0.717) is 6.08 Å². The molecular formula is C13H12F3N3O2. The minimum atomic E-state index is -4.62. The molecule has 0 aromatic heterocycles. The molecule has 1 unspecified atom stereocenters. The Balaban J connectivity index is 3.07. The molecule has 21 heavy (non-hydrogen) atoms. The monoisotopic (exact) mass is 299 g/mol. The van der Waals surface area contributed by atoms with Crippen LogP contribution in [0.1, 0.15) is 5.56 Å². The maximum atomic E-state index is 12.6. The van der Waals surface area contributed by atoms with Crippen LogP contribution in [-0.2, 0) is 4.79 Å². The summed E-state index contributed by atoms with van der Waals surface area (Å²) in [5.41, 5.74) is -0.174. The van der Waals surface area contributed by atoms with Crippen molar-refractivity contribution in [2.24, 2.45) is 0 Å². The number of halogens is 3. The van der Waals surface area contributed by atoms with E-state index in [1.807, 2.05) is 11.4 Å². The molecule has 0 spiro atoms. The number of carbonyl (C=O) groups is 1. The summed E-state index contributed by atoms with van der Waals surface area (Å²) in [6, 6.07) is 5.49. The van der Waals surface area contributed by atoms with Crippen molar-refractivity contribution in [3.63, 3.8) is 0 Å². The molecule has 0 fully saturated rings. The zero-order valence-corrected chi connectivity index (χ0v) is 10.9. The first-order valence-corrected chi connectivity index (χ1v) is 5.74. The van der Waals surface area contributed by atoms with Crippen molar-refractivity contribution in [1.29, 1.82) is 5.26 Å². The number of nitrogens with zero attached hydrogens (tertiary/aromatic N) is 1. The van der Waals surface area contributed by atoms with Crippen LogP contribution in [0.2, 0.25) is 0 Å². The van der Waals surface area contributed by atoms with E-state index in [9.17, 15) is 18.0 Å². The van der Waals surface area contributed by atoms with E-state index in [1.165, 1.54) is 24.3 Å². The van der Waals surface area contributed by atoms with Crippen molar-refractivity contribution < 1.29 is 23.1 Å². The van der Waals surface area contributed by atoms with Gasteiger partial charge in [0.1, 0.15) is 11.7 Å². The summed E-state index contributed by atoms with van der Waals surface area (Å²) >= 11 is 0. The topological polar surface area (TPSA) is 85.1 Å². The molecule has 0 radical (unpaired) electrons. The Labute approximate surface area is 118 Å². The van der Waals surface area contributed by atoms with Gasteiger partial charge in [0, 0.05) is 5.69 Å². The number of anilines is 1. The summed E-state index contributed by atoms with van der Waals surface area (Å²) in [6.45, 7) is 0. The minimum absolute atomic E-state index is 0.208. The van der Waals surface area contributed by atoms with Crippen LogP contribution in [0.4, 0.5) is 18.9 Å². The first kappa shape index (κ1) is 16.5. The molecule has 1 atom stereocenters. The fourth-order valence-electron chi connectivity index (χ4n) is 1.50. The third-order valence-electron chi connectivity index (χ3n) is 2.50. The summed E-state index contributed by atoms with van der Waals surface area (Å²) < 4.78 is 37.9. The van der Waals surface area contributed by atoms with Crippen LogP contribution < -0.4 is 10.6 Å². The van der Waals surface area contributed by atoms with Crippen LogP contribution in [0.3, 0.4) is 0 Å². The first-order valence-electron chi connectivity index (χ1n) is 5.74. The van der Waals surface area contributed by atoms with E-state index in [-0.39, 0.29) is 11.3 Å². The molecule has 112 valence electrons. The van der Waals surface area contributed by atoms with Gasteiger partial charge in [-0.05, 0) is 31.3 Å². The first-order chi connectivity index (χ1) is 9.77. The summed E-state index contributed by atoms with van der Waals surface area (Å²) in [7, 11) is 1.07. The average molecular weight is 299 g/mol. The highest BCUT2D eigenvalue weighted by Gasteiger charge is 2.37. The predicted octanol–water partition coefficient (Wildman–Crippen LogP) is 2.09. The fourth-order valence-corrected chi connectivity index (χ4v) is 1.50. The largest absolute Gasteiger partial charge is 0.477 e. The molecule has 0 aliphatic rings. The van der Waals surface area contributed by atoms with E-state index < -0.39 is 23.9 Å². The lowest BCUT2D eigenvalue weighted by atomic mass is 10.2. The molecule has 0 saturated heterocycles. The van der Waals surface area contributed by atoms with Gasteiger partial charge in [-0.1, -0.05) is 6.07 Å². The normalized spacial score (nSPS) is 13.4. The Morgan fingerprint density at radius 3 is 2.62 bits per heavy atom. The van der Waals surface area contributed by atoms with Crippen LogP contribution in [0, 0.1) is 11.3 Å². The summed E-state index contributed by atoms with van der Waals surface area (Å²) in [6.07, 6.45) is -4.09. The highest BCUT2D eigenvalue weighted by atomic mass is 19.4. The Kier molecular flexibility index (Phi) is 5.32. The molecule has 0 aliphatic heterocycles. The van der Waals surface area contributed by atoms with Gasteiger partial charge in [0.15, 0.2) is 0 Å². The number of likely N-dealkylation sites (N-methyl/N-ethyl adjacent to an activating group) is 1. The van der Waals surface area contributed by atoms with Crippen molar-refractivity contribution in [2.75, 3.05) is 12.4 Å². The van der Waals surface area contributed by atoms with Crippen LogP contribution in [0.5, 0.6) is 0 Å². The maximum Gasteiger partial charge on any atom is 0.407 e. The number of carboxylic acid groups (broad SMARTS) is 1. The van der Waals surface area contributed by atoms with E-state index in [1.54, 1.807) is 0 Å². The molecule has 0 saturated carbocycles. The number of carboxylic acids is 1. The zero-order valence-electron chi connectivity index (χ0n) is 10.9. The van der Waals surface area contributed by atoms with Gasteiger partial charge >= 0.3 is 12.1 Å². The van der Waals surface area contributed by atoms with Crippen molar-refractivity contribution in [3.8, 4) is 6.07 Å². The molecule has 3 N–H and O–H groups in total. The molecule has 5 nitrogen and oxygen atoms in total. The Morgan fingerprint density at radius 1 is 1.48 bits per heavy atom. The highest BCUT2D eigenvalue weighted by molar-refractivity contribution is 5.90. The van der Waals surface area contributed by atoms with Gasteiger partial charge in [-0.25, -0.2) is 4.79 Å². The molecule has 0 bridgehead atoms. The van der Waals surface area contributed by atoms with Gasteiger partial charge in [0.05, 0.1) is 11.6 Å². The lowest BCUT2D eigenvalue weighted by Gasteiger charge is -2.17. The number of nitrogens with one attached hydrogen (secondary N) is 2. The van der Waals surface area contributed by atoms with Gasteiger partial charge in [-0.15, -0.1) is 0 Å². The predicted molar refractivity (Wildman–Crippen MR) is 69.4 cm³/mol. The second-order valence-electron chi connectivity index (χ2n) is 4.01. The van der Waals surface area contributed by atoms with E-state index >= 15 is 0 Å². The third-order valence-corrected chi connectivity index (χ3v) is 2.50. The summed E-state index contributed by atoms with van der Waals surface area (Å²) in [5.74, 6) is -1.54. The van der Waals surface area contributed by atoms with Gasteiger partial charge in [-0.3, -0.25) is 0 Å². The van der Waals surface area contributed by atoms with Gasteiger partial charge in [0.2, 0.25) is 0 Å². The molecule has 8 heteroatoms. The minimum Gasteiger partial charge on any atom is -0.477 e. The Hall–Kier alpha value is -2.53. The fraction of sp³-hybridized carbons (Fsp3) is 0.231. The second kappa shape index (κ2) is 6.76. The number of hydrogen-bond acceptors (Lipinski definition) is 4. The maximum absolute atomic E-state index is 12.6. The summed E-state index contributed by atoms with van der Waals surface area (Å²) in [5, 5.41) is 22.0. The standard InChI is InChI=1S/C13H12F3N3O2/c1-18-11(13(14,15)16)6-10(12(20)21)19-9-4-2-3-8(5-9)7-17/h2-6,11,18-19H,1H3,(H,20,21)/b10-6-. The van der Waals surface area contributed by atoms with Crippen molar-refractivity contribution in [1.82, 2.24) is 5.32 Å². The lowest BCUT2D eigenvalue weighted by molar-refractivity contribution is -0.143. The Morgan fingerprint density at radius 2 is 2.14 bits per heavy atom. The quantitative estimate of drug-likeness (QED) is 0.725. The van der Waals surface area contributed by atoms with E-state index in [4.69, 9.17) is 10.4 Å².